The van der Waals surface area contributed by atoms with Gasteiger partial charge < -0.3 is 14.4 Å². The maximum atomic E-state index is 10.8. The van der Waals surface area contributed by atoms with Gasteiger partial charge in [0, 0.05) is 24.1 Å². The van der Waals surface area contributed by atoms with Crippen LogP contribution in [0.4, 0.5) is 4.79 Å². The maximum Gasteiger partial charge on any atom is 0.512 e. The molecule has 1 aromatic heterocycles. The minimum atomic E-state index is -1.38. The highest BCUT2D eigenvalue weighted by Gasteiger charge is 2.12. The summed E-state index contributed by atoms with van der Waals surface area (Å²) in [6, 6.07) is 6.77. The first-order valence-corrected chi connectivity index (χ1v) is 4.58. The van der Waals surface area contributed by atoms with Gasteiger partial charge in [0.2, 0.25) is 5.88 Å². The van der Waals surface area contributed by atoms with Crippen molar-refractivity contribution in [3.63, 3.8) is 0 Å². The van der Waals surface area contributed by atoms with Gasteiger partial charge in [0.25, 0.3) is 0 Å². The molecule has 0 radical (unpaired) electrons. The molecule has 2 rings (SSSR count). The molecule has 16 heavy (non-hydrogen) atoms. The van der Waals surface area contributed by atoms with E-state index < -0.39 is 6.16 Å². The Labute approximate surface area is 90.9 Å². The molecule has 0 spiro atoms. The number of hydrogen-bond acceptors (Lipinski definition) is 3. The summed E-state index contributed by atoms with van der Waals surface area (Å²) in [7, 11) is 1.65. The molecule has 0 aliphatic carbocycles. The summed E-state index contributed by atoms with van der Waals surface area (Å²) in [5.74, 6) is 0.191. The van der Waals surface area contributed by atoms with E-state index in [9.17, 15) is 9.59 Å². The molecule has 0 saturated carbocycles. The van der Waals surface area contributed by atoms with Gasteiger partial charge in [-0.05, 0) is 6.07 Å². The van der Waals surface area contributed by atoms with Crippen LogP contribution in [0.2, 0.25) is 0 Å². The van der Waals surface area contributed by atoms with Gasteiger partial charge in [0.15, 0.2) is 6.29 Å². The molecule has 2 aromatic rings. The fourth-order valence-electron chi connectivity index (χ4n) is 1.71. The number of nitrogens with zero attached hydrogens (tertiary/aromatic N) is 1. The van der Waals surface area contributed by atoms with Crippen LogP contribution in [0, 0.1) is 0 Å². The van der Waals surface area contributed by atoms with Crippen molar-refractivity contribution in [2.24, 2.45) is 7.05 Å². The Morgan fingerprint density at radius 3 is 2.88 bits per heavy atom. The molecule has 5 nitrogen and oxygen atoms in total. The third-order valence-electron chi connectivity index (χ3n) is 2.36. The number of aryl methyl sites for hydroxylation is 1. The smallest absolute Gasteiger partial charge is 0.449 e. The molecule has 0 atom stereocenters. The van der Waals surface area contributed by atoms with Gasteiger partial charge >= 0.3 is 6.16 Å². The molecular weight excluding hydrogens is 210 g/mol. The van der Waals surface area contributed by atoms with E-state index in [2.05, 4.69) is 4.74 Å². The summed E-state index contributed by atoms with van der Waals surface area (Å²) in [6.07, 6.45) is -0.647. The van der Waals surface area contributed by atoms with Gasteiger partial charge in [0.05, 0.1) is 5.52 Å². The monoisotopic (exact) mass is 219 g/mol. The first-order chi connectivity index (χ1) is 7.63. The van der Waals surface area contributed by atoms with Crippen molar-refractivity contribution in [2.75, 3.05) is 0 Å². The summed E-state index contributed by atoms with van der Waals surface area (Å²) in [5, 5.41) is 9.30. The van der Waals surface area contributed by atoms with E-state index in [0.717, 1.165) is 11.7 Å². The molecule has 0 aliphatic rings. The van der Waals surface area contributed by atoms with Crippen molar-refractivity contribution in [1.82, 2.24) is 4.57 Å². The van der Waals surface area contributed by atoms with Crippen LogP contribution in [0.3, 0.4) is 0 Å². The predicted octanol–water partition coefficient (Wildman–Crippen LogP) is 2.05. The highest BCUT2D eigenvalue weighted by Crippen LogP contribution is 2.26. The van der Waals surface area contributed by atoms with Crippen LogP contribution in [0.15, 0.2) is 24.3 Å². The van der Waals surface area contributed by atoms with Gasteiger partial charge in [-0.2, -0.15) is 0 Å². The zero-order valence-corrected chi connectivity index (χ0v) is 8.51. The third kappa shape index (κ3) is 1.52. The van der Waals surface area contributed by atoms with Crippen LogP contribution in [0.25, 0.3) is 10.9 Å². The molecule has 1 heterocycles. The lowest BCUT2D eigenvalue weighted by atomic mass is 10.2. The molecule has 1 aromatic carbocycles. The standard InChI is InChI=1S/C11H9NO4/c1-12-9(16-11(14)15)5-7-3-2-4-8(6-13)10(7)12/h2-6H,1H3,(H,14,15). The number of fused-ring (bicyclic) bond motifs is 1. The van der Waals surface area contributed by atoms with Crippen molar-refractivity contribution in [2.45, 2.75) is 0 Å². The summed E-state index contributed by atoms with van der Waals surface area (Å²) >= 11 is 0. The van der Waals surface area contributed by atoms with E-state index >= 15 is 0 Å². The van der Waals surface area contributed by atoms with Gasteiger partial charge in [-0.25, -0.2) is 4.79 Å². The Balaban J connectivity index is 2.68. The Bertz CT molecular complexity index is 571. The number of para-hydroxylation sites is 1. The second-order valence-corrected chi connectivity index (χ2v) is 3.31. The van der Waals surface area contributed by atoms with Gasteiger partial charge in [0.1, 0.15) is 0 Å². The zero-order valence-electron chi connectivity index (χ0n) is 8.51. The first kappa shape index (κ1) is 10.2. The molecular formula is C11H9NO4. The molecule has 0 bridgehead atoms. The second-order valence-electron chi connectivity index (χ2n) is 3.31. The lowest BCUT2D eigenvalue weighted by molar-refractivity contribution is 0.112. The maximum absolute atomic E-state index is 10.8. The molecule has 82 valence electrons. The van der Waals surface area contributed by atoms with E-state index in [1.54, 1.807) is 31.3 Å². The highest BCUT2D eigenvalue weighted by molar-refractivity contribution is 5.97. The van der Waals surface area contributed by atoms with Gasteiger partial charge in [-0.15, -0.1) is 0 Å². The number of aromatic nitrogens is 1. The average Bonchev–Trinajstić information content (AvgIpc) is 2.55. The Morgan fingerprint density at radius 1 is 1.50 bits per heavy atom. The number of benzene rings is 1. The van der Waals surface area contributed by atoms with Crippen LogP contribution in [-0.4, -0.2) is 22.1 Å². The van der Waals surface area contributed by atoms with Crippen molar-refractivity contribution in [3.05, 3.63) is 29.8 Å². The minimum Gasteiger partial charge on any atom is -0.449 e. The Hall–Kier alpha value is -2.30. The number of hydrogen-bond donors (Lipinski definition) is 1. The number of carboxylic acid groups (broad SMARTS) is 1. The van der Waals surface area contributed by atoms with Crippen molar-refractivity contribution < 1.29 is 19.4 Å². The van der Waals surface area contributed by atoms with E-state index in [4.69, 9.17) is 5.11 Å². The first-order valence-electron chi connectivity index (χ1n) is 4.58. The predicted molar refractivity (Wildman–Crippen MR) is 57.0 cm³/mol. The number of rotatable bonds is 2. The van der Waals surface area contributed by atoms with E-state index in [1.165, 1.54) is 4.57 Å². The van der Waals surface area contributed by atoms with Gasteiger partial charge in [-0.1, -0.05) is 12.1 Å². The molecule has 0 saturated heterocycles. The summed E-state index contributed by atoms with van der Waals surface area (Å²) < 4.78 is 6.13. The third-order valence-corrected chi connectivity index (χ3v) is 2.36. The van der Waals surface area contributed by atoms with Crippen LogP contribution >= 0.6 is 0 Å². The molecule has 0 aliphatic heterocycles. The molecule has 0 fully saturated rings. The van der Waals surface area contributed by atoms with E-state index in [-0.39, 0.29) is 5.88 Å². The number of carbonyl (C=O) groups is 2. The fraction of sp³-hybridized carbons (Fsp3) is 0.0909. The number of carbonyl (C=O) groups excluding carboxylic acids is 1. The summed E-state index contributed by atoms with van der Waals surface area (Å²) in [6.45, 7) is 0. The lowest BCUT2D eigenvalue weighted by Gasteiger charge is -2.02. The normalized spacial score (nSPS) is 10.3. The summed E-state index contributed by atoms with van der Waals surface area (Å²) in [5.41, 5.74) is 1.16. The minimum absolute atomic E-state index is 0.191. The molecule has 0 unspecified atom stereocenters. The topological polar surface area (TPSA) is 68.5 Å². The Kier molecular flexibility index (Phi) is 2.36. The Morgan fingerprint density at radius 2 is 2.25 bits per heavy atom. The molecule has 5 heteroatoms. The fourth-order valence-corrected chi connectivity index (χ4v) is 1.71. The second kappa shape index (κ2) is 3.69. The van der Waals surface area contributed by atoms with Crippen LogP contribution in [0.5, 0.6) is 5.88 Å². The molecule has 0 amide bonds. The zero-order chi connectivity index (χ0) is 11.7. The van der Waals surface area contributed by atoms with Crippen LogP contribution in [-0.2, 0) is 7.05 Å². The molecule has 1 N–H and O–H groups in total. The van der Waals surface area contributed by atoms with Crippen molar-refractivity contribution in [1.29, 1.82) is 0 Å². The van der Waals surface area contributed by atoms with E-state index in [0.29, 0.717) is 11.1 Å². The van der Waals surface area contributed by atoms with Crippen molar-refractivity contribution >= 4 is 23.3 Å². The van der Waals surface area contributed by atoms with Crippen LogP contribution < -0.4 is 4.74 Å². The number of ether oxygens (including phenoxy) is 1. The average molecular weight is 219 g/mol. The van der Waals surface area contributed by atoms with Crippen LogP contribution in [0.1, 0.15) is 10.4 Å². The summed E-state index contributed by atoms with van der Waals surface area (Å²) in [4.78, 5) is 21.3. The number of aldehydes is 1. The SMILES string of the molecule is Cn1c(OC(=O)O)cc2cccc(C=O)c21. The largest absolute Gasteiger partial charge is 0.512 e. The lowest BCUT2D eigenvalue weighted by Crippen LogP contribution is -2.06. The highest BCUT2D eigenvalue weighted by atomic mass is 16.7. The van der Waals surface area contributed by atoms with Crippen molar-refractivity contribution in [3.8, 4) is 5.88 Å². The van der Waals surface area contributed by atoms with E-state index in [1.807, 2.05) is 0 Å². The van der Waals surface area contributed by atoms with Gasteiger partial charge in [-0.3, -0.25) is 4.79 Å². The quantitative estimate of drug-likeness (QED) is 0.620.